The van der Waals surface area contributed by atoms with Gasteiger partial charge in [0, 0.05) is 13.1 Å². The van der Waals surface area contributed by atoms with Gasteiger partial charge in [-0.05, 0) is 24.1 Å². The largest absolute Gasteiger partial charge is 0.346 e. The van der Waals surface area contributed by atoms with E-state index >= 15 is 0 Å². The third-order valence-electron chi connectivity index (χ3n) is 3.62. The van der Waals surface area contributed by atoms with Crippen LogP contribution in [0.15, 0.2) is 47.2 Å². The van der Waals surface area contributed by atoms with Gasteiger partial charge in [0.2, 0.25) is 11.8 Å². The standard InChI is InChI=1S/C17H19N5O2/c1-3-15(17-19-12(2)24-21-17)20-16(23)9-13-10-18-22(11-13)14-7-5-4-6-8-14/h4-8,10-11,15H,3,9H2,1-2H3,(H,20,23)/t15-/m0/s1. The number of para-hydroxylation sites is 1. The third-order valence-corrected chi connectivity index (χ3v) is 3.62. The molecule has 7 nitrogen and oxygen atoms in total. The first-order valence-electron chi connectivity index (χ1n) is 7.84. The van der Waals surface area contributed by atoms with Crippen molar-refractivity contribution in [3.8, 4) is 5.69 Å². The minimum atomic E-state index is -0.251. The summed E-state index contributed by atoms with van der Waals surface area (Å²) in [6.45, 7) is 3.69. The summed E-state index contributed by atoms with van der Waals surface area (Å²) in [7, 11) is 0. The zero-order valence-corrected chi connectivity index (χ0v) is 13.6. The predicted octanol–water partition coefficient (Wildman–Crippen LogP) is 2.37. The van der Waals surface area contributed by atoms with E-state index in [1.54, 1.807) is 17.8 Å². The predicted molar refractivity (Wildman–Crippen MR) is 87.5 cm³/mol. The van der Waals surface area contributed by atoms with Crippen molar-refractivity contribution in [2.45, 2.75) is 32.7 Å². The Hall–Kier alpha value is -2.96. The fourth-order valence-electron chi connectivity index (χ4n) is 2.41. The van der Waals surface area contributed by atoms with Gasteiger partial charge in [-0.15, -0.1) is 0 Å². The van der Waals surface area contributed by atoms with E-state index in [9.17, 15) is 4.79 Å². The fraction of sp³-hybridized carbons (Fsp3) is 0.294. The second-order valence-corrected chi connectivity index (χ2v) is 5.51. The van der Waals surface area contributed by atoms with E-state index in [0.29, 0.717) is 18.1 Å². The number of hydrogen-bond donors (Lipinski definition) is 1. The summed E-state index contributed by atoms with van der Waals surface area (Å²) in [5, 5.41) is 11.1. The Morgan fingerprint density at radius 2 is 2.12 bits per heavy atom. The van der Waals surface area contributed by atoms with Gasteiger partial charge in [0.25, 0.3) is 0 Å². The maximum atomic E-state index is 12.3. The van der Waals surface area contributed by atoms with Crippen molar-refractivity contribution in [1.82, 2.24) is 25.2 Å². The van der Waals surface area contributed by atoms with Gasteiger partial charge in [-0.1, -0.05) is 30.3 Å². The molecule has 3 rings (SSSR count). The SMILES string of the molecule is CC[C@H](NC(=O)Cc1cnn(-c2ccccc2)c1)c1noc(C)n1. The average Bonchev–Trinajstić information content (AvgIpc) is 3.22. The minimum Gasteiger partial charge on any atom is -0.346 e. The van der Waals surface area contributed by atoms with Crippen molar-refractivity contribution in [2.75, 3.05) is 0 Å². The van der Waals surface area contributed by atoms with E-state index < -0.39 is 0 Å². The molecular weight excluding hydrogens is 306 g/mol. The van der Waals surface area contributed by atoms with Crippen LogP contribution in [0, 0.1) is 6.92 Å². The number of carbonyl (C=O) groups excluding carboxylic acids is 1. The van der Waals surface area contributed by atoms with Crippen LogP contribution < -0.4 is 5.32 Å². The quantitative estimate of drug-likeness (QED) is 0.752. The molecule has 0 aliphatic heterocycles. The van der Waals surface area contributed by atoms with Gasteiger partial charge < -0.3 is 9.84 Å². The van der Waals surface area contributed by atoms with Crippen LogP contribution in [0.1, 0.15) is 36.7 Å². The molecule has 0 aliphatic rings. The van der Waals surface area contributed by atoms with E-state index in [0.717, 1.165) is 11.3 Å². The number of nitrogens with zero attached hydrogens (tertiary/aromatic N) is 4. The molecule has 0 saturated carbocycles. The van der Waals surface area contributed by atoms with Crippen molar-refractivity contribution >= 4 is 5.91 Å². The molecule has 0 bridgehead atoms. The van der Waals surface area contributed by atoms with E-state index in [4.69, 9.17) is 4.52 Å². The van der Waals surface area contributed by atoms with Crippen LogP contribution in [0.2, 0.25) is 0 Å². The van der Waals surface area contributed by atoms with Gasteiger partial charge in [0.1, 0.15) is 0 Å². The lowest BCUT2D eigenvalue weighted by Gasteiger charge is -2.12. The van der Waals surface area contributed by atoms with E-state index in [1.165, 1.54) is 0 Å². The number of benzene rings is 1. The van der Waals surface area contributed by atoms with Crippen LogP contribution in [-0.4, -0.2) is 25.8 Å². The van der Waals surface area contributed by atoms with Crippen LogP contribution in [0.3, 0.4) is 0 Å². The van der Waals surface area contributed by atoms with Crippen molar-refractivity contribution in [2.24, 2.45) is 0 Å². The second kappa shape index (κ2) is 7.08. The Bertz CT molecular complexity index is 809. The van der Waals surface area contributed by atoms with E-state index in [2.05, 4.69) is 20.6 Å². The maximum absolute atomic E-state index is 12.3. The first-order chi connectivity index (χ1) is 11.7. The number of aromatic nitrogens is 4. The first-order valence-corrected chi connectivity index (χ1v) is 7.84. The van der Waals surface area contributed by atoms with Crippen LogP contribution >= 0.6 is 0 Å². The Balaban J connectivity index is 1.63. The molecule has 2 heterocycles. The normalized spacial score (nSPS) is 12.1. The van der Waals surface area contributed by atoms with Crippen LogP contribution in [0.25, 0.3) is 5.69 Å². The summed E-state index contributed by atoms with van der Waals surface area (Å²) >= 11 is 0. The Morgan fingerprint density at radius 3 is 2.79 bits per heavy atom. The van der Waals surface area contributed by atoms with Gasteiger partial charge in [-0.2, -0.15) is 10.1 Å². The van der Waals surface area contributed by atoms with E-state index in [1.807, 2.05) is 43.5 Å². The highest BCUT2D eigenvalue weighted by Crippen LogP contribution is 2.14. The Kier molecular flexibility index (Phi) is 4.69. The molecule has 124 valence electrons. The smallest absolute Gasteiger partial charge is 0.225 e. The van der Waals surface area contributed by atoms with Gasteiger partial charge in [0.15, 0.2) is 5.82 Å². The highest BCUT2D eigenvalue weighted by atomic mass is 16.5. The number of hydrogen-bond acceptors (Lipinski definition) is 5. The molecule has 1 aromatic carbocycles. The van der Waals surface area contributed by atoms with Crippen LogP contribution in [-0.2, 0) is 11.2 Å². The molecule has 3 aromatic rings. The Morgan fingerprint density at radius 1 is 1.33 bits per heavy atom. The molecule has 0 fully saturated rings. The summed E-state index contributed by atoms with van der Waals surface area (Å²) < 4.78 is 6.73. The van der Waals surface area contributed by atoms with Crippen molar-refractivity contribution in [3.05, 3.63) is 60.0 Å². The zero-order valence-electron chi connectivity index (χ0n) is 13.6. The van der Waals surface area contributed by atoms with Crippen LogP contribution in [0.5, 0.6) is 0 Å². The highest BCUT2D eigenvalue weighted by Gasteiger charge is 2.18. The van der Waals surface area contributed by atoms with Crippen molar-refractivity contribution in [3.63, 3.8) is 0 Å². The topological polar surface area (TPSA) is 85.8 Å². The Labute approximate surface area is 139 Å². The lowest BCUT2D eigenvalue weighted by Crippen LogP contribution is -2.30. The number of amides is 1. The van der Waals surface area contributed by atoms with Gasteiger partial charge in [0.05, 0.1) is 24.3 Å². The van der Waals surface area contributed by atoms with Crippen molar-refractivity contribution in [1.29, 1.82) is 0 Å². The molecule has 0 saturated heterocycles. The summed E-state index contributed by atoms with van der Waals surface area (Å²) in [6.07, 6.45) is 4.49. The minimum absolute atomic E-state index is 0.100. The van der Waals surface area contributed by atoms with Gasteiger partial charge >= 0.3 is 0 Å². The van der Waals surface area contributed by atoms with Gasteiger partial charge in [-0.3, -0.25) is 4.79 Å². The summed E-state index contributed by atoms with van der Waals surface area (Å²) in [5.74, 6) is 0.891. The monoisotopic (exact) mass is 325 g/mol. The lowest BCUT2D eigenvalue weighted by atomic mass is 10.2. The van der Waals surface area contributed by atoms with Crippen LogP contribution in [0.4, 0.5) is 0 Å². The number of aryl methyl sites for hydroxylation is 1. The fourth-order valence-corrected chi connectivity index (χ4v) is 2.41. The molecule has 2 aromatic heterocycles. The average molecular weight is 325 g/mol. The summed E-state index contributed by atoms with van der Waals surface area (Å²) in [6, 6.07) is 9.51. The molecule has 0 radical (unpaired) electrons. The highest BCUT2D eigenvalue weighted by molar-refractivity contribution is 5.78. The first kappa shape index (κ1) is 15.9. The van der Waals surface area contributed by atoms with E-state index in [-0.39, 0.29) is 18.4 Å². The summed E-state index contributed by atoms with van der Waals surface area (Å²) in [5.41, 5.74) is 1.80. The molecule has 1 atom stereocenters. The molecule has 1 amide bonds. The second-order valence-electron chi connectivity index (χ2n) is 5.51. The number of carbonyl (C=O) groups is 1. The molecule has 0 aliphatic carbocycles. The number of rotatable bonds is 6. The molecular formula is C17H19N5O2. The molecule has 24 heavy (non-hydrogen) atoms. The zero-order chi connectivity index (χ0) is 16.9. The third kappa shape index (κ3) is 3.68. The lowest BCUT2D eigenvalue weighted by molar-refractivity contribution is -0.121. The molecule has 0 unspecified atom stereocenters. The summed E-state index contributed by atoms with van der Waals surface area (Å²) in [4.78, 5) is 16.5. The molecule has 7 heteroatoms. The number of nitrogens with one attached hydrogen (secondary N) is 1. The molecule has 1 N–H and O–H groups in total. The van der Waals surface area contributed by atoms with Crippen molar-refractivity contribution < 1.29 is 9.32 Å². The van der Waals surface area contributed by atoms with Gasteiger partial charge in [-0.25, -0.2) is 4.68 Å². The maximum Gasteiger partial charge on any atom is 0.225 e. The molecule has 0 spiro atoms.